The SMILES string of the molecule is C=CCOC12Oc3ccc(OC(=O)NCc4ccccc4)cc3C3C(CCCCO)C(CCCCO)C=C(C(=NOCc4ccccc4)CC1N(C)C(=O)c1ccc4ccccc4c1)C32. The van der Waals surface area contributed by atoms with Crippen LogP contribution in [-0.4, -0.2) is 71.5 Å². The fourth-order valence-electron chi connectivity index (χ4n) is 10.1. The molecule has 65 heavy (non-hydrogen) atoms. The molecule has 0 radical (unpaired) electrons. The first-order chi connectivity index (χ1) is 31.8. The molecule has 11 heteroatoms. The number of aliphatic hydroxyl groups is 2. The predicted molar refractivity (Wildman–Crippen MR) is 252 cm³/mol. The third-order valence-electron chi connectivity index (χ3n) is 13.2. The lowest BCUT2D eigenvalue weighted by molar-refractivity contribution is -0.252. The number of aliphatic hydroxyl groups excluding tert-OH is 2. The van der Waals surface area contributed by atoms with Crippen molar-refractivity contribution in [3.05, 3.63) is 168 Å². The van der Waals surface area contributed by atoms with Crippen molar-refractivity contribution < 1.29 is 38.9 Å². The molecule has 338 valence electrons. The maximum absolute atomic E-state index is 14.9. The number of ether oxygens (including phenoxy) is 3. The molecule has 1 aliphatic heterocycles. The molecule has 6 unspecified atom stereocenters. The average molecular weight is 878 g/mol. The molecular formula is C54H59N3O8. The van der Waals surface area contributed by atoms with E-state index in [9.17, 15) is 19.8 Å². The highest BCUT2D eigenvalue weighted by molar-refractivity contribution is 6.04. The number of rotatable bonds is 19. The molecule has 1 fully saturated rings. The molecule has 0 bridgehead atoms. The Kier molecular flexibility index (Phi) is 14.7. The number of amides is 2. The largest absolute Gasteiger partial charge is 0.459 e. The molecule has 1 heterocycles. The Morgan fingerprint density at radius 3 is 2.31 bits per heavy atom. The van der Waals surface area contributed by atoms with Crippen LogP contribution in [0.5, 0.6) is 11.5 Å². The zero-order chi connectivity index (χ0) is 45.2. The number of carbonyl (C=O) groups is 2. The number of nitrogens with zero attached hydrogens (tertiary/aromatic N) is 2. The number of oxime groups is 1. The van der Waals surface area contributed by atoms with E-state index in [2.05, 4.69) is 18.0 Å². The second kappa shape index (κ2) is 21.1. The third kappa shape index (κ3) is 10.0. The van der Waals surface area contributed by atoms with E-state index < -0.39 is 23.8 Å². The van der Waals surface area contributed by atoms with Crippen molar-refractivity contribution in [1.29, 1.82) is 0 Å². The van der Waals surface area contributed by atoms with Gasteiger partial charge in [0, 0.05) is 50.3 Å². The fourth-order valence-corrected chi connectivity index (χ4v) is 10.1. The van der Waals surface area contributed by atoms with Crippen molar-refractivity contribution in [1.82, 2.24) is 10.2 Å². The van der Waals surface area contributed by atoms with Gasteiger partial charge in [0.15, 0.2) is 0 Å². The van der Waals surface area contributed by atoms with E-state index in [1.165, 1.54) is 0 Å². The summed E-state index contributed by atoms with van der Waals surface area (Å²) in [4.78, 5) is 36.2. The van der Waals surface area contributed by atoms with Gasteiger partial charge in [-0.05, 0) is 95.3 Å². The van der Waals surface area contributed by atoms with Gasteiger partial charge in [0.25, 0.3) is 5.91 Å². The normalized spacial score (nSPS) is 22.5. The molecule has 0 aromatic heterocycles. The minimum atomic E-state index is -1.43. The molecule has 1 saturated carbocycles. The van der Waals surface area contributed by atoms with Crippen LogP contribution >= 0.6 is 0 Å². The quantitative estimate of drug-likeness (QED) is 0.0424. The van der Waals surface area contributed by atoms with Crippen molar-refractivity contribution in [2.24, 2.45) is 22.9 Å². The molecule has 6 atom stereocenters. The Bertz CT molecular complexity index is 2490. The van der Waals surface area contributed by atoms with E-state index in [0.717, 1.165) is 58.7 Å². The number of hydrogen-bond donors (Lipinski definition) is 3. The number of hydrogen-bond acceptors (Lipinski definition) is 9. The van der Waals surface area contributed by atoms with Crippen LogP contribution in [0.4, 0.5) is 4.79 Å². The number of fused-ring (bicyclic) bond motifs is 3. The highest BCUT2D eigenvalue weighted by Crippen LogP contribution is 2.62. The molecule has 2 amide bonds. The molecule has 0 spiro atoms. The van der Waals surface area contributed by atoms with Gasteiger partial charge in [-0.1, -0.05) is 121 Å². The standard InChI is InChI=1S/C54H59N3O8/c1-3-30-62-54-49(57(2)52(60)42-25-24-39-20-10-11-21-40(39)31-42)34-47(56-63-36-38-18-8-5-9-19-38)45-32-41(22-12-14-28-58)44(23-13-15-29-59)50(51(45)54)46-33-43(26-27-48(46)65-54)64-53(61)55-35-37-16-6-4-7-17-37/h3-11,16-21,24-27,31-33,41,44,49-51,58-59H,1,12-15,22-23,28-30,34-36H2,2H3,(H,55,61). The van der Waals surface area contributed by atoms with E-state index in [4.69, 9.17) is 24.2 Å². The summed E-state index contributed by atoms with van der Waals surface area (Å²) in [5.74, 6) is -1.49. The topological polar surface area (TPSA) is 139 Å². The highest BCUT2D eigenvalue weighted by atomic mass is 16.7. The smallest absolute Gasteiger partial charge is 0.412 e. The molecule has 8 rings (SSSR count). The zero-order valence-electron chi connectivity index (χ0n) is 37.0. The van der Waals surface area contributed by atoms with Crippen LogP contribution in [-0.2, 0) is 22.7 Å². The Labute approximate surface area is 381 Å². The number of likely N-dealkylation sites (N-methyl/N-ethyl adjacent to an activating group) is 1. The summed E-state index contributed by atoms with van der Waals surface area (Å²) >= 11 is 0. The summed E-state index contributed by atoms with van der Waals surface area (Å²) in [7, 11) is 1.80. The van der Waals surface area contributed by atoms with Gasteiger partial charge < -0.3 is 39.5 Å². The van der Waals surface area contributed by atoms with Gasteiger partial charge in [-0.2, -0.15) is 0 Å². The first-order valence-corrected chi connectivity index (χ1v) is 22.8. The number of benzene rings is 5. The van der Waals surface area contributed by atoms with E-state index >= 15 is 0 Å². The number of unbranched alkanes of at least 4 members (excludes halogenated alkanes) is 2. The summed E-state index contributed by atoms with van der Waals surface area (Å²) in [6.07, 6.45) is 8.10. The maximum atomic E-state index is 14.9. The first kappa shape index (κ1) is 45.3. The van der Waals surface area contributed by atoms with E-state index in [0.29, 0.717) is 42.2 Å². The monoisotopic (exact) mass is 877 g/mol. The highest BCUT2D eigenvalue weighted by Gasteiger charge is 2.65. The first-order valence-electron chi connectivity index (χ1n) is 22.8. The van der Waals surface area contributed by atoms with Crippen LogP contribution in [0.1, 0.15) is 77.9 Å². The van der Waals surface area contributed by atoms with E-state index in [1.807, 2.05) is 115 Å². The van der Waals surface area contributed by atoms with Crippen LogP contribution in [0, 0.1) is 17.8 Å². The summed E-state index contributed by atoms with van der Waals surface area (Å²) in [6, 6.07) is 38.0. The van der Waals surface area contributed by atoms with Gasteiger partial charge in [0.1, 0.15) is 24.1 Å². The lowest BCUT2D eigenvalue weighted by atomic mass is 9.55. The number of allylic oxidation sites excluding steroid dienone is 1. The molecule has 5 aromatic carbocycles. The Hall–Kier alpha value is -6.27. The van der Waals surface area contributed by atoms with Crippen LogP contribution in [0.15, 0.2) is 151 Å². The summed E-state index contributed by atoms with van der Waals surface area (Å²) < 4.78 is 20.4. The van der Waals surface area contributed by atoms with Gasteiger partial charge in [-0.3, -0.25) is 4.79 Å². The lowest BCUT2D eigenvalue weighted by Crippen LogP contribution is -2.69. The summed E-state index contributed by atoms with van der Waals surface area (Å²) in [5.41, 5.74) is 4.90. The van der Waals surface area contributed by atoms with Crippen LogP contribution < -0.4 is 14.8 Å². The summed E-state index contributed by atoms with van der Waals surface area (Å²) in [5, 5.41) is 29.7. The molecule has 3 aliphatic rings. The van der Waals surface area contributed by atoms with E-state index in [1.54, 1.807) is 24.1 Å². The second-order valence-corrected chi connectivity index (χ2v) is 17.2. The molecule has 2 aliphatic carbocycles. The molecule has 3 N–H and O–H groups in total. The van der Waals surface area contributed by atoms with Crippen molar-refractivity contribution in [3.63, 3.8) is 0 Å². The van der Waals surface area contributed by atoms with Crippen molar-refractivity contribution >= 4 is 28.5 Å². The van der Waals surface area contributed by atoms with Crippen LogP contribution in [0.3, 0.4) is 0 Å². The van der Waals surface area contributed by atoms with Crippen LogP contribution in [0.2, 0.25) is 0 Å². The Morgan fingerprint density at radius 2 is 1.57 bits per heavy atom. The van der Waals surface area contributed by atoms with Gasteiger partial charge in [-0.25, -0.2) is 4.79 Å². The van der Waals surface area contributed by atoms with Crippen molar-refractivity contribution in [3.8, 4) is 11.5 Å². The minimum absolute atomic E-state index is 0.00256. The molecular weight excluding hydrogens is 819 g/mol. The second-order valence-electron chi connectivity index (χ2n) is 17.2. The average Bonchev–Trinajstić information content (AvgIpc) is 3.34. The van der Waals surface area contributed by atoms with Gasteiger partial charge >= 0.3 is 6.09 Å². The Balaban J connectivity index is 1.26. The zero-order valence-corrected chi connectivity index (χ0v) is 37.0. The van der Waals surface area contributed by atoms with Gasteiger partial charge in [-0.15, -0.1) is 6.58 Å². The minimum Gasteiger partial charge on any atom is -0.459 e. The number of carbonyl (C=O) groups excluding carboxylic acids is 2. The van der Waals surface area contributed by atoms with Gasteiger partial charge in [0.2, 0.25) is 5.79 Å². The fraction of sp³-hybridized carbons (Fsp3) is 0.352. The summed E-state index contributed by atoms with van der Waals surface area (Å²) in [6.45, 7) is 4.88. The maximum Gasteiger partial charge on any atom is 0.412 e. The third-order valence-corrected chi connectivity index (χ3v) is 13.2. The van der Waals surface area contributed by atoms with Crippen LogP contribution in [0.25, 0.3) is 10.8 Å². The van der Waals surface area contributed by atoms with E-state index in [-0.39, 0.29) is 56.5 Å². The number of nitrogens with one attached hydrogen (secondary N) is 1. The van der Waals surface area contributed by atoms with Gasteiger partial charge in [0.05, 0.1) is 18.2 Å². The lowest BCUT2D eigenvalue weighted by Gasteiger charge is -2.59. The molecule has 11 nitrogen and oxygen atoms in total. The predicted octanol–water partition coefficient (Wildman–Crippen LogP) is 9.73. The van der Waals surface area contributed by atoms with Crippen molar-refractivity contribution in [2.75, 3.05) is 26.9 Å². The molecule has 5 aromatic rings. The Morgan fingerprint density at radius 1 is 0.862 bits per heavy atom. The van der Waals surface area contributed by atoms with Crippen molar-refractivity contribution in [2.45, 2.75) is 75.8 Å². The molecule has 0 saturated heterocycles.